The van der Waals surface area contributed by atoms with Crippen LogP contribution in [-0.4, -0.2) is 18.2 Å². The largest absolute Gasteiger partial charge is 0.496 e. The van der Waals surface area contributed by atoms with Gasteiger partial charge in [-0.05, 0) is 41.1 Å². The Morgan fingerprint density at radius 3 is 2.83 bits per heavy atom. The van der Waals surface area contributed by atoms with Crippen molar-refractivity contribution in [2.24, 2.45) is 0 Å². The SMILES string of the molecule is COc1ccccc1CNC(=O)c1c(-c2ccc(Br)s2)noc1C. The van der Waals surface area contributed by atoms with Crippen molar-refractivity contribution in [1.82, 2.24) is 10.5 Å². The monoisotopic (exact) mass is 406 g/mol. The number of aromatic nitrogens is 1. The minimum Gasteiger partial charge on any atom is -0.496 e. The normalized spacial score (nSPS) is 10.6. The Morgan fingerprint density at radius 2 is 2.12 bits per heavy atom. The molecule has 3 rings (SSSR count). The van der Waals surface area contributed by atoms with Gasteiger partial charge in [-0.25, -0.2) is 0 Å². The maximum atomic E-state index is 12.6. The van der Waals surface area contributed by atoms with Gasteiger partial charge in [-0.2, -0.15) is 0 Å². The fraction of sp³-hybridized carbons (Fsp3) is 0.176. The van der Waals surface area contributed by atoms with Gasteiger partial charge in [0.15, 0.2) is 0 Å². The zero-order valence-electron chi connectivity index (χ0n) is 13.1. The lowest BCUT2D eigenvalue weighted by atomic mass is 10.1. The Hall–Kier alpha value is -2.12. The molecule has 0 fully saturated rings. The van der Waals surface area contributed by atoms with Gasteiger partial charge in [-0.1, -0.05) is 23.4 Å². The summed E-state index contributed by atoms with van der Waals surface area (Å²) in [6, 6.07) is 11.4. The van der Waals surface area contributed by atoms with Gasteiger partial charge in [-0.3, -0.25) is 4.79 Å². The van der Waals surface area contributed by atoms with E-state index in [1.807, 2.05) is 36.4 Å². The first-order valence-corrected chi connectivity index (χ1v) is 8.83. The molecule has 24 heavy (non-hydrogen) atoms. The molecule has 1 N–H and O–H groups in total. The number of methoxy groups -OCH3 is 1. The smallest absolute Gasteiger partial charge is 0.257 e. The van der Waals surface area contributed by atoms with Crippen molar-refractivity contribution in [1.29, 1.82) is 0 Å². The Bertz CT molecular complexity index is 872. The molecule has 0 aliphatic carbocycles. The third-order valence-corrected chi connectivity index (χ3v) is 5.16. The predicted molar refractivity (Wildman–Crippen MR) is 96.4 cm³/mol. The number of amides is 1. The number of nitrogens with one attached hydrogen (secondary N) is 1. The first kappa shape index (κ1) is 16.7. The summed E-state index contributed by atoms with van der Waals surface area (Å²) in [5.74, 6) is 1.01. The number of hydrogen-bond acceptors (Lipinski definition) is 5. The number of thiophene rings is 1. The molecule has 0 saturated heterocycles. The van der Waals surface area contributed by atoms with Crippen LogP contribution < -0.4 is 10.1 Å². The van der Waals surface area contributed by atoms with Gasteiger partial charge in [0.05, 0.1) is 15.8 Å². The lowest BCUT2D eigenvalue weighted by molar-refractivity contribution is 0.0949. The molecule has 0 unspecified atom stereocenters. The van der Waals surface area contributed by atoms with Crippen LogP contribution in [0.5, 0.6) is 5.75 Å². The first-order chi connectivity index (χ1) is 11.6. The van der Waals surface area contributed by atoms with E-state index in [1.54, 1.807) is 14.0 Å². The van der Waals surface area contributed by atoms with Crippen LogP contribution in [0.25, 0.3) is 10.6 Å². The van der Waals surface area contributed by atoms with Crippen molar-refractivity contribution in [3.8, 4) is 16.3 Å². The third kappa shape index (κ3) is 3.37. The van der Waals surface area contributed by atoms with Crippen LogP contribution in [0.15, 0.2) is 44.7 Å². The number of hydrogen-bond donors (Lipinski definition) is 1. The molecule has 1 amide bonds. The number of carbonyl (C=O) groups excluding carboxylic acids is 1. The van der Waals surface area contributed by atoms with Gasteiger partial charge in [0, 0.05) is 12.1 Å². The number of carbonyl (C=O) groups is 1. The topological polar surface area (TPSA) is 64.4 Å². The molecule has 0 saturated carbocycles. The minimum absolute atomic E-state index is 0.223. The van der Waals surface area contributed by atoms with Gasteiger partial charge in [0.1, 0.15) is 22.8 Å². The van der Waals surface area contributed by atoms with Gasteiger partial charge in [0.2, 0.25) is 0 Å². The highest BCUT2D eigenvalue weighted by atomic mass is 79.9. The van der Waals surface area contributed by atoms with E-state index < -0.39 is 0 Å². The van der Waals surface area contributed by atoms with Crippen molar-refractivity contribution < 1.29 is 14.1 Å². The lowest BCUT2D eigenvalue weighted by Crippen LogP contribution is -2.23. The number of ether oxygens (including phenoxy) is 1. The van der Waals surface area contributed by atoms with Crippen molar-refractivity contribution >= 4 is 33.2 Å². The Kier molecular flexibility index (Phi) is 5.01. The molecular weight excluding hydrogens is 392 g/mol. The summed E-state index contributed by atoms with van der Waals surface area (Å²) in [6.07, 6.45) is 0. The van der Waals surface area contributed by atoms with E-state index in [9.17, 15) is 4.79 Å². The van der Waals surface area contributed by atoms with E-state index in [2.05, 4.69) is 26.4 Å². The van der Waals surface area contributed by atoms with Crippen LogP contribution in [0.3, 0.4) is 0 Å². The summed E-state index contributed by atoms with van der Waals surface area (Å²) < 4.78 is 11.5. The van der Waals surface area contributed by atoms with Gasteiger partial charge in [0.25, 0.3) is 5.91 Å². The average molecular weight is 407 g/mol. The second-order valence-corrected chi connectivity index (χ2v) is 7.52. The molecule has 0 spiro atoms. The summed E-state index contributed by atoms with van der Waals surface area (Å²) in [5.41, 5.74) is 1.92. The van der Waals surface area contributed by atoms with E-state index in [1.165, 1.54) is 11.3 Å². The number of nitrogens with zero attached hydrogens (tertiary/aromatic N) is 1. The predicted octanol–water partition coefficient (Wildman–Crippen LogP) is 4.41. The van der Waals surface area contributed by atoms with Crippen LogP contribution in [-0.2, 0) is 6.54 Å². The third-order valence-electron chi connectivity index (χ3n) is 3.53. The van der Waals surface area contributed by atoms with Crippen molar-refractivity contribution in [2.75, 3.05) is 7.11 Å². The molecular formula is C17H15BrN2O3S. The standard InChI is InChI=1S/C17H15BrN2O3S/c1-10-15(16(20-23-10)13-7-8-14(18)24-13)17(21)19-9-11-5-3-4-6-12(11)22-2/h3-8H,9H2,1-2H3,(H,19,21). The number of aryl methyl sites for hydroxylation is 1. The van der Waals surface area contributed by atoms with E-state index in [0.29, 0.717) is 23.6 Å². The van der Waals surface area contributed by atoms with Crippen molar-refractivity contribution in [2.45, 2.75) is 13.5 Å². The molecule has 0 bridgehead atoms. The quantitative estimate of drug-likeness (QED) is 0.681. The van der Waals surface area contributed by atoms with Crippen molar-refractivity contribution in [3.05, 3.63) is 57.1 Å². The van der Waals surface area contributed by atoms with Crippen LogP contribution in [0.1, 0.15) is 21.7 Å². The molecule has 0 aliphatic heterocycles. The number of halogens is 1. The molecule has 0 aliphatic rings. The van der Waals surface area contributed by atoms with E-state index in [4.69, 9.17) is 9.26 Å². The molecule has 2 heterocycles. The maximum absolute atomic E-state index is 12.6. The zero-order valence-corrected chi connectivity index (χ0v) is 15.5. The van der Waals surface area contributed by atoms with Gasteiger partial charge in [-0.15, -0.1) is 11.3 Å². The summed E-state index contributed by atoms with van der Waals surface area (Å²) in [5, 5.41) is 6.95. The Balaban J connectivity index is 1.82. The summed E-state index contributed by atoms with van der Waals surface area (Å²) >= 11 is 4.92. The Labute approximate surface area is 151 Å². The Morgan fingerprint density at radius 1 is 1.33 bits per heavy atom. The van der Waals surface area contributed by atoms with Crippen LogP contribution >= 0.6 is 27.3 Å². The number of rotatable bonds is 5. The fourth-order valence-electron chi connectivity index (χ4n) is 2.36. The van der Waals surface area contributed by atoms with E-state index >= 15 is 0 Å². The van der Waals surface area contributed by atoms with Gasteiger partial charge >= 0.3 is 0 Å². The highest BCUT2D eigenvalue weighted by molar-refractivity contribution is 9.11. The van der Waals surface area contributed by atoms with Gasteiger partial charge < -0.3 is 14.6 Å². The summed E-state index contributed by atoms with van der Waals surface area (Å²) in [4.78, 5) is 13.5. The van der Waals surface area contributed by atoms with Crippen molar-refractivity contribution in [3.63, 3.8) is 0 Å². The van der Waals surface area contributed by atoms with E-state index in [0.717, 1.165) is 20.0 Å². The molecule has 7 heteroatoms. The molecule has 1 aromatic carbocycles. The second kappa shape index (κ2) is 7.19. The number of benzene rings is 1. The molecule has 3 aromatic rings. The average Bonchev–Trinajstić information content (AvgIpc) is 3.18. The lowest BCUT2D eigenvalue weighted by Gasteiger charge is -2.09. The van der Waals surface area contributed by atoms with Crippen LogP contribution in [0.2, 0.25) is 0 Å². The molecule has 0 radical (unpaired) electrons. The first-order valence-electron chi connectivity index (χ1n) is 7.22. The van der Waals surface area contributed by atoms with E-state index in [-0.39, 0.29) is 5.91 Å². The molecule has 5 nitrogen and oxygen atoms in total. The summed E-state index contributed by atoms with van der Waals surface area (Å²) in [7, 11) is 1.61. The fourth-order valence-corrected chi connectivity index (χ4v) is 3.74. The zero-order chi connectivity index (χ0) is 17.1. The highest BCUT2D eigenvalue weighted by Crippen LogP contribution is 2.33. The van der Waals surface area contributed by atoms with Crippen LogP contribution in [0, 0.1) is 6.92 Å². The van der Waals surface area contributed by atoms with Crippen LogP contribution in [0.4, 0.5) is 0 Å². The molecule has 0 atom stereocenters. The number of para-hydroxylation sites is 1. The molecule has 2 aromatic heterocycles. The highest BCUT2D eigenvalue weighted by Gasteiger charge is 2.22. The maximum Gasteiger partial charge on any atom is 0.257 e. The minimum atomic E-state index is -0.223. The molecule has 124 valence electrons. The summed E-state index contributed by atoms with van der Waals surface area (Å²) in [6.45, 7) is 2.10. The second-order valence-electron chi connectivity index (χ2n) is 5.06.